The molecular weight excluding hydrogens is 548 g/mol. The summed E-state index contributed by atoms with van der Waals surface area (Å²) in [5.41, 5.74) is 8.95. The fourth-order valence-electron chi connectivity index (χ4n) is 5.86. The molecule has 0 saturated carbocycles. The molecule has 1 aromatic carbocycles. The Morgan fingerprint density at radius 3 is 2.69 bits per heavy atom. The number of nitrogens with two attached hydrogens (primary N) is 1. The lowest BCUT2D eigenvalue weighted by atomic mass is 10.2. The molecule has 2 saturated heterocycles. The molecule has 4 aromatic heterocycles. The summed E-state index contributed by atoms with van der Waals surface area (Å²) in [6.45, 7) is 4.33. The molecule has 0 aliphatic carbocycles. The first-order valence-electron chi connectivity index (χ1n) is 13.9. The summed E-state index contributed by atoms with van der Waals surface area (Å²) in [5.74, 6) is 0.697. The fraction of sp³-hybridized carbons (Fsp3) is 0.393. The Kier molecular flexibility index (Phi) is 6.58. The average Bonchev–Trinajstić information content (AvgIpc) is 3.78. The lowest BCUT2D eigenvalue weighted by Gasteiger charge is -2.36. The van der Waals surface area contributed by atoms with Crippen LogP contribution in [-0.2, 0) is 13.6 Å². The minimum absolute atomic E-state index is 0.172. The second-order valence-electron chi connectivity index (χ2n) is 10.7. The second kappa shape index (κ2) is 10.4. The first-order chi connectivity index (χ1) is 20.4. The van der Waals surface area contributed by atoms with Crippen LogP contribution in [0.15, 0.2) is 51.9 Å². The lowest BCUT2D eigenvalue weighted by Crippen LogP contribution is -2.47. The van der Waals surface area contributed by atoms with Crippen molar-refractivity contribution in [2.24, 2.45) is 7.05 Å². The molecule has 2 fully saturated rings. The van der Waals surface area contributed by atoms with Crippen LogP contribution in [0.25, 0.3) is 28.1 Å². The van der Waals surface area contributed by atoms with E-state index < -0.39 is 18.1 Å². The van der Waals surface area contributed by atoms with Crippen LogP contribution in [0.1, 0.15) is 0 Å². The highest BCUT2D eigenvalue weighted by Crippen LogP contribution is 2.28. The van der Waals surface area contributed by atoms with E-state index in [2.05, 4.69) is 20.3 Å². The van der Waals surface area contributed by atoms with Gasteiger partial charge in [-0.1, -0.05) is 0 Å². The number of hydrogen-bond donors (Lipinski definition) is 2. The van der Waals surface area contributed by atoms with E-state index >= 15 is 0 Å². The minimum Gasteiger partial charge on any atom is -0.486 e. The molecule has 6 heterocycles. The van der Waals surface area contributed by atoms with Gasteiger partial charge in [0.15, 0.2) is 17.6 Å². The number of rotatable bonds is 7. The van der Waals surface area contributed by atoms with Gasteiger partial charge in [0.2, 0.25) is 5.95 Å². The number of furan rings is 1. The lowest BCUT2D eigenvalue weighted by molar-refractivity contribution is 0.139. The number of benzene rings is 1. The Morgan fingerprint density at radius 1 is 1.14 bits per heavy atom. The monoisotopic (exact) mass is 579 g/mol. The van der Waals surface area contributed by atoms with Crippen molar-refractivity contribution in [3.63, 3.8) is 0 Å². The number of hydrogen-bond acceptors (Lipinski definition) is 9. The van der Waals surface area contributed by atoms with E-state index in [1.165, 1.54) is 10.6 Å². The number of aryl methyl sites for hydroxylation is 1. The molecule has 14 heteroatoms. The molecule has 0 radical (unpaired) electrons. The van der Waals surface area contributed by atoms with Crippen molar-refractivity contribution in [1.82, 2.24) is 33.9 Å². The number of aromatic nitrogens is 5. The third-order valence-electron chi connectivity index (χ3n) is 8.13. The van der Waals surface area contributed by atoms with Gasteiger partial charge in [0.05, 0.1) is 17.5 Å². The normalized spacial score (nSPS) is 19.8. The van der Waals surface area contributed by atoms with Gasteiger partial charge in [-0.2, -0.15) is 14.6 Å². The highest BCUT2D eigenvalue weighted by Gasteiger charge is 2.29. The summed E-state index contributed by atoms with van der Waals surface area (Å²) < 4.78 is 44.7. The molecule has 2 aliphatic heterocycles. The largest absolute Gasteiger partial charge is 0.486 e. The summed E-state index contributed by atoms with van der Waals surface area (Å²) in [7, 11) is 1.71. The van der Waals surface area contributed by atoms with Gasteiger partial charge in [-0.15, -0.1) is 0 Å². The molecule has 220 valence electrons. The van der Waals surface area contributed by atoms with Crippen molar-refractivity contribution >= 4 is 28.3 Å². The summed E-state index contributed by atoms with van der Waals surface area (Å²) in [6, 6.07) is 10.1. The molecule has 0 amide bonds. The van der Waals surface area contributed by atoms with Crippen molar-refractivity contribution in [3.05, 3.63) is 59.0 Å². The maximum atomic E-state index is 15.0. The fourth-order valence-corrected chi connectivity index (χ4v) is 5.86. The summed E-state index contributed by atoms with van der Waals surface area (Å²) in [6.07, 6.45) is -0.140. The number of nitrogen functional groups attached to an aromatic ring is 1. The smallest absolute Gasteiger partial charge is 0.330 e. The zero-order chi connectivity index (χ0) is 29.0. The Morgan fingerprint density at radius 2 is 1.98 bits per heavy atom. The molecular formula is C28H31F2N9O3. The molecule has 12 nitrogen and oxygen atoms in total. The van der Waals surface area contributed by atoms with Gasteiger partial charge >= 0.3 is 5.69 Å². The zero-order valence-electron chi connectivity index (χ0n) is 23.0. The van der Waals surface area contributed by atoms with Crippen LogP contribution >= 0.6 is 0 Å². The number of fused-ring (bicyclic) bond motifs is 3. The first-order valence-corrected chi connectivity index (χ1v) is 13.9. The SMILES string of the molecule is Cn1c(=O)n(CCN2CCN(c3ccc(O[C@@H]4CNC[C@@H]4F)cc3F)CC2)c2nc(N)n3nc(-c4ccco4)cc3c21. The van der Waals surface area contributed by atoms with Crippen molar-refractivity contribution in [3.8, 4) is 17.2 Å². The second-order valence-corrected chi connectivity index (χ2v) is 10.7. The van der Waals surface area contributed by atoms with Gasteiger partial charge in [0.1, 0.15) is 28.9 Å². The number of anilines is 2. The highest BCUT2D eigenvalue weighted by atomic mass is 19.1. The number of imidazole rings is 1. The van der Waals surface area contributed by atoms with Gasteiger partial charge in [-0.25, -0.2) is 13.6 Å². The van der Waals surface area contributed by atoms with E-state index in [0.717, 1.165) is 0 Å². The van der Waals surface area contributed by atoms with E-state index in [1.807, 2.05) is 11.0 Å². The molecule has 2 atom stereocenters. The molecule has 42 heavy (non-hydrogen) atoms. The van der Waals surface area contributed by atoms with Crippen molar-refractivity contribution in [1.29, 1.82) is 0 Å². The van der Waals surface area contributed by atoms with Gasteiger partial charge in [-0.05, 0) is 30.3 Å². The van der Waals surface area contributed by atoms with Crippen molar-refractivity contribution < 1.29 is 17.9 Å². The maximum absolute atomic E-state index is 15.0. The zero-order valence-corrected chi connectivity index (χ0v) is 23.0. The van der Waals surface area contributed by atoms with E-state index in [0.29, 0.717) is 85.4 Å². The summed E-state index contributed by atoms with van der Waals surface area (Å²) in [4.78, 5) is 22.0. The summed E-state index contributed by atoms with van der Waals surface area (Å²) in [5, 5.41) is 7.45. The van der Waals surface area contributed by atoms with Crippen LogP contribution in [-0.4, -0.2) is 86.7 Å². The van der Waals surface area contributed by atoms with Gasteiger partial charge in [-0.3, -0.25) is 14.0 Å². The Hall–Kier alpha value is -4.43. The van der Waals surface area contributed by atoms with Crippen LogP contribution in [0.5, 0.6) is 5.75 Å². The molecule has 7 rings (SSSR count). The number of ether oxygens (including phenoxy) is 1. The number of nitrogens with zero attached hydrogens (tertiary/aromatic N) is 7. The van der Waals surface area contributed by atoms with E-state index in [4.69, 9.17) is 14.9 Å². The van der Waals surface area contributed by atoms with Crippen molar-refractivity contribution in [2.75, 3.05) is 56.4 Å². The van der Waals surface area contributed by atoms with E-state index in [-0.39, 0.29) is 18.2 Å². The van der Waals surface area contributed by atoms with Gasteiger partial charge in [0, 0.05) is 65.5 Å². The molecule has 0 unspecified atom stereocenters. The van der Waals surface area contributed by atoms with Crippen LogP contribution in [0.3, 0.4) is 0 Å². The predicted octanol–water partition coefficient (Wildman–Crippen LogP) is 1.87. The Bertz CT molecular complexity index is 1810. The third-order valence-corrected chi connectivity index (χ3v) is 8.13. The quantitative estimate of drug-likeness (QED) is 0.297. The molecule has 0 spiro atoms. The minimum atomic E-state index is -1.11. The number of nitrogens with one attached hydrogen (secondary N) is 1. The maximum Gasteiger partial charge on any atom is 0.330 e. The summed E-state index contributed by atoms with van der Waals surface area (Å²) >= 11 is 0. The van der Waals surface area contributed by atoms with Crippen molar-refractivity contribution in [2.45, 2.75) is 18.8 Å². The molecule has 2 aliphatic rings. The highest BCUT2D eigenvalue weighted by molar-refractivity contribution is 5.91. The van der Waals surface area contributed by atoms with Crippen LogP contribution in [0, 0.1) is 5.82 Å². The van der Waals surface area contributed by atoms with Crippen LogP contribution in [0.4, 0.5) is 20.4 Å². The van der Waals surface area contributed by atoms with Gasteiger partial charge in [0.25, 0.3) is 0 Å². The van der Waals surface area contributed by atoms with Crippen LogP contribution in [0.2, 0.25) is 0 Å². The molecule has 0 bridgehead atoms. The van der Waals surface area contributed by atoms with E-state index in [9.17, 15) is 13.6 Å². The van der Waals surface area contributed by atoms with Gasteiger partial charge < -0.3 is 25.1 Å². The number of piperazine rings is 1. The molecule has 3 N–H and O–H groups in total. The first kappa shape index (κ1) is 26.5. The predicted molar refractivity (Wildman–Crippen MR) is 153 cm³/mol. The number of halogens is 2. The Labute approximate surface area is 238 Å². The standard InChI is InChI=1S/C28H31F2N9O3/c1-35-25-22-14-20(23-3-2-12-41-23)34-39(22)27(31)33-26(25)38(28(35)40)11-8-36-6-9-37(10-7-36)21-5-4-17(13-18(21)29)42-24-16-32-15-19(24)30/h2-5,12-14,19,24,32H,6-11,15-16H2,1H3,(H2,31,33)/t19-,24+/m0/s1. The number of alkyl halides is 1. The van der Waals surface area contributed by atoms with E-state index in [1.54, 1.807) is 46.7 Å². The third kappa shape index (κ3) is 4.56. The topological polar surface area (TPSA) is 124 Å². The van der Waals surface area contributed by atoms with Crippen LogP contribution < -0.4 is 26.4 Å². The molecule has 5 aromatic rings. The Balaban J connectivity index is 1.04. The average molecular weight is 580 g/mol.